The first-order chi connectivity index (χ1) is 11.3. The van der Waals surface area contributed by atoms with E-state index in [1.165, 1.54) is 10.6 Å². The summed E-state index contributed by atoms with van der Waals surface area (Å²) in [5.41, 5.74) is 6.12. The van der Waals surface area contributed by atoms with Crippen molar-refractivity contribution >= 4 is 22.0 Å². The van der Waals surface area contributed by atoms with Crippen molar-refractivity contribution in [2.75, 3.05) is 19.3 Å². The van der Waals surface area contributed by atoms with E-state index in [0.29, 0.717) is 31.5 Å². The van der Waals surface area contributed by atoms with Gasteiger partial charge in [0.25, 0.3) is 5.91 Å². The van der Waals surface area contributed by atoms with Crippen molar-refractivity contribution in [2.45, 2.75) is 25.8 Å². The van der Waals surface area contributed by atoms with Gasteiger partial charge in [-0.15, -0.1) is 0 Å². The zero-order valence-corrected chi connectivity index (χ0v) is 14.5. The third kappa shape index (κ3) is 5.20. The second-order valence-corrected chi connectivity index (χ2v) is 7.84. The van der Waals surface area contributed by atoms with Crippen molar-refractivity contribution in [1.82, 2.24) is 20.5 Å². The van der Waals surface area contributed by atoms with E-state index >= 15 is 0 Å². The van der Waals surface area contributed by atoms with Gasteiger partial charge in [-0.25, -0.2) is 22.9 Å². The third-order valence-corrected chi connectivity index (χ3v) is 5.16. The molecule has 24 heavy (non-hydrogen) atoms. The molecule has 0 atom stereocenters. The van der Waals surface area contributed by atoms with Crippen LogP contribution in [0.2, 0.25) is 0 Å². The van der Waals surface area contributed by atoms with Crippen LogP contribution < -0.4 is 16.2 Å². The Labute approximate surface area is 141 Å². The first kappa shape index (κ1) is 18.2. The number of urea groups is 1. The fraction of sp³-hybridized carbons (Fsp3) is 0.467. The molecule has 0 spiro atoms. The number of carbonyl (C=O) groups excluding carboxylic acids is 2. The molecule has 2 rings (SSSR count). The summed E-state index contributed by atoms with van der Waals surface area (Å²) < 4.78 is 24.2. The lowest BCUT2D eigenvalue weighted by molar-refractivity contribution is 0.0935. The molecule has 3 amide bonds. The first-order valence-electron chi connectivity index (χ1n) is 7.64. The van der Waals surface area contributed by atoms with Gasteiger partial charge in [0.1, 0.15) is 0 Å². The number of hydrazine groups is 1. The lowest BCUT2D eigenvalue weighted by atomic mass is 10.1. The van der Waals surface area contributed by atoms with Crippen LogP contribution in [0.4, 0.5) is 4.79 Å². The van der Waals surface area contributed by atoms with E-state index in [0.717, 1.165) is 5.56 Å². The van der Waals surface area contributed by atoms with Gasteiger partial charge in [-0.1, -0.05) is 17.7 Å². The van der Waals surface area contributed by atoms with Gasteiger partial charge in [0.05, 0.1) is 6.26 Å². The van der Waals surface area contributed by atoms with Crippen LogP contribution >= 0.6 is 0 Å². The number of rotatable bonds is 3. The molecule has 1 aliphatic rings. The van der Waals surface area contributed by atoms with Crippen LogP contribution in [0.15, 0.2) is 24.3 Å². The molecule has 9 heteroatoms. The molecule has 1 aromatic carbocycles. The summed E-state index contributed by atoms with van der Waals surface area (Å²) in [6.45, 7) is 2.67. The van der Waals surface area contributed by atoms with Crippen LogP contribution in [0.25, 0.3) is 0 Å². The lowest BCUT2D eigenvalue weighted by Crippen LogP contribution is -2.52. The fourth-order valence-electron chi connectivity index (χ4n) is 2.44. The minimum absolute atomic E-state index is 0.126. The Bertz CT molecular complexity index is 695. The van der Waals surface area contributed by atoms with Gasteiger partial charge >= 0.3 is 6.03 Å². The highest BCUT2D eigenvalue weighted by molar-refractivity contribution is 7.88. The molecule has 1 aliphatic heterocycles. The second-order valence-electron chi connectivity index (χ2n) is 5.85. The molecule has 3 N–H and O–H groups in total. The summed E-state index contributed by atoms with van der Waals surface area (Å²) in [7, 11) is -3.18. The number of piperidine rings is 1. The van der Waals surface area contributed by atoms with Gasteiger partial charge < -0.3 is 5.32 Å². The monoisotopic (exact) mass is 354 g/mol. The summed E-state index contributed by atoms with van der Waals surface area (Å²) in [5.74, 6) is -0.406. The van der Waals surface area contributed by atoms with Crippen molar-refractivity contribution < 1.29 is 18.0 Å². The Morgan fingerprint density at radius 3 is 2.21 bits per heavy atom. The molecule has 0 radical (unpaired) electrons. The van der Waals surface area contributed by atoms with Crippen LogP contribution in [-0.2, 0) is 10.0 Å². The third-order valence-electron chi connectivity index (χ3n) is 3.86. The number of nitrogens with one attached hydrogen (secondary N) is 3. The van der Waals surface area contributed by atoms with Crippen LogP contribution in [0.1, 0.15) is 28.8 Å². The van der Waals surface area contributed by atoms with Crippen LogP contribution in [0.3, 0.4) is 0 Å². The summed E-state index contributed by atoms with van der Waals surface area (Å²) >= 11 is 0. The zero-order chi connectivity index (χ0) is 17.7. The number of carbonyl (C=O) groups is 2. The standard InChI is InChI=1S/C15H22N4O4S/c1-11-3-5-12(6-4-11)14(20)17-18-15(21)16-13-7-9-19(10-8-13)24(2,22)23/h3-6,13H,7-10H2,1-2H3,(H,17,20)(H2,16,18,21). The van der Waals surface area contributed by atoms with E-state index in [-0.39, 0.29) is 6.04 Å². The number of aryl methyl sites for hydroxylation is 1. The average molecular weight is 354 g/mol. The van der Waals surface area contributed by atoms with Crippen molar-refractivity contribution in [1.29, 1.82) is 0 Å². The Morgan fingerprint density at radius 1 is 1.08 bits per heavy atom. The van der Waals surface area contributed by atoms with Gasteiger partial charge in [0.2, 0.25) is 10.0 Å². The molecule has 0 bridgehead atoms. The lowest BCUT2D eigenvalue weighted by Gasteiger charge is -2.30. The predicted octanol–water partition coefficient (Wildman–Crippen LogP) is 0.363. The van der Waals surface area contributed by atoms with Crippen molar-refractivity contribution in [3.05, 3.63) is 35.4 Å². The highest BCUT2D eigenvalue weighted by atomic mass is 32.2. The minimum atomic E-state index is -3.18. The van der Waals surface area contributed by atoms with Gasteiger partial charge in [-0.05, 0) is 31.9 Å². The number of nitrogens with zero attached hydrogens (tertiary/aromatic N) is 1. The van der Waals surface area contributed by atoms with E-state index in [2.05, 4.69) is 16.2 Å². The zero-order valence-electron chi connectivity index (χ0n) is 13.7. The van der Waals surface area contributed by atoms with Crippen molar-refractivity contribution in [3.63, 3.8) is 0 Å². The smallest absolute Gasteiger partial charge is 0.333 e. The minimum Gasteiger partial charge on any atom is -0.334 e. The Kier molecular flexibility index (Phi) is 5.79. The molecule has 132 valence electrons. The Morgan fingerprint density at radius 2 is 1.67 bits per heavy atom. The molecule has 1 aromatic rings. The second kappa shape index (κ2) is 7.63. The average Bonchev–Trinajstić information content (AvgIpc) is 2.53. The van der Waals surface area contributed by atoms with Gasteiger partial charge in [0.15, 0.2) is 0 Å². The molecule has 0 unspecified atom stereocenters. The number of hydrogen-bond acceptors (Lipinski definition) is 4. The van der Waals surface area contributed by atoms with Crippen molar-refractivity contribution in [3.8, 4) is 0 Å². The molecule has 8 nitrogen and oxygen atoms in total. The summed E-state index contributed by atoms with van der Waals surface area (Å²) in [5, 5.41) is 2.72. The first-order valence-corrected chi connectivity index (χ1v) is 9.49. The van der Waals surface area contributed by atoms with E-state index in [4.69, 9.17) is 0 Å². The molecular weight excluding hydrogens is 332 g/mol. The Hall–Kier alpha value is -2.13. The number of benzene rings is 1. The largest absolute Gasteiger partial charge is 0.334 e. The highest BCUT2D eigenvalue weighted by Gasteiger charge is 2.25. The van der Waals surface area contributed by atoms with Crippen LogP contribution in [0.5, 0.6) is 0 Å². The SMILES string of the molecule is Cc1ccc(C(=O)NNC(=O)NC2CCN(S(C)(=O)=O)CC2)cc1. The molecule has 1 saturated heterocycles. The molecule has 0 saturated carbocycles. The molecular formula is C15H22N4O4S. The van der Waals surface area contributed by atoms with Crippen LogP contribution in [0, 0.1) is 6.92 Å². The maximum Gasteiger partial charge on any atom is 0.333 e. The fourth-order valence-corrected chi connectivity index (χ4v) is 3.32. The molecule has 1 heterocycles. The molecule has 0 aromatic heterocycles. The summed E-state index contributed by atoms with van der Waals surface area (Å²) in [6.07, 6.45) is 2.24. The van der Waals surface area contributed by atoms with E-state index in [9.17, 15) is 18.0 Å². The number of hydrogen-bond donors (Lipinski definition) is 3. The topological polar surface area (TPSA) is 108 Å². The summed E-state index contributed by atoms with van der Waals surface area (Å²) in [4.78, 5) is 23.7. The quantitative estimate of drug-likeness (QED) is 0.681. The maximum atomic E-state index is 11.9. The number of amides is 3. The summed E-state index contributed by atoms with van der Waals surface area (Å²) in [6, 6.07) is 6.32. The normalized spacial score (nSPS) is 16.4. The molecule has 0 aliphatic carbocycles. The predicted molar refractivity (Wildman–Crippen MR) is 89.8 cm³/mol. The van der Waals surface area contributed by atoms with Crippen LogP contribution in [-0.4, -0.2) is 50.0 Å². The van der Waals surface area contributed by atoms with Gasteiger partial charge in [0, 0.05) is 24.7 Å². The van der Waals surface area contributed by atoms with E-state index in [1.807, 2.05) is 19.1 Å². The maximum absolute atomic E-state index is 11.9. The Balaban J connectivity index is 1.74. The van der Waals surface area contributed by atoms with Gasteiger partial charge in [-0.3, -0.25) is 10.2 Å². The van der Waals surface area contributed by atoms with Crippen molar-refractivity contribution in [2.24, 2.45) is 0 Å². The van der Waals surface area contributed by atoms with E-state index < -0.39 is 22.0 Å². The van der Waals surface area contributed by atoms with Gasteiger partial charge in [-0.2, -0.15) is 0 Å². The highest BCUT2D eigenvalue weighted by Crippen LogP contribution is 2.12. The number of sulfonamides is 1. The van der Waals surface area contributed by atoms with E-state index in [1.54, 1.807) is 12.1 Å². The molecule has 1 fully saturated rings.